The Labute approximate surface area is 450 Å². The van der Waals surface area contributed by atoms with Gasteiger partial charge in [-0.05, 0) is 57.8 Å². The topological polar surface area (TPSA) is 95.9 Å². The fourth-order valence-corrected chi connectivity index (χ4v) is 10.3. The van der Waals surface area contributed by atoms with Gasteiger partial charge in [0.05, 0.1) is 25.4 Å². The van der Waals surface area contributed by atoms with Crippen LogP contribution < -0.4 is 5.32 Å². The van der Waals surface area contributed by atoms with E-state index in [1.165, 1.54) is 283 Å². The number of aliphatic hydroxyl groups excluding tert-OH is 2. The summed E-state index contributed by atoms with van der Waals surface area (Å²) in [6.45, 7) is 4.95. The zero-order valence-corrected chi connectivity index (χ0v) is 48.7. The molecule has 2 unspecified atom stereocenters. The van der Waals surface area contributed by atoms with E-state index in [2.05, 4.69) is 43.5 Å². The van der Waals surface area contributed by atoms with Gasteiger partial charge in [-0.25, -0.2) is 0 Å². The summed E-state index contributed by atoms with van der Waals surface area (Å²) in [4.78, 5) is 24.4. The highest BCUT2D eigenvalue weighted by Gasteiger charge is 2.20. The zero-order chi connectivity index (χ0) is 52.2. The van der Waals surface area contributed by atoms with Gasteiger partial charge in [0.25, 0.3) is 0 Å². The summed E-state index contributed by atoms with van der Waals surface area (Å²) in [7, 11) is 0. The Morgan fingerprint density at radius 3 is 1.06 bits per heavy atom. The average Bonchev–Trinajstić information content (AvgIpc) is 3.38. The van der Waals surface area contributed by atoms with Crippen molar-refractivity contribution in [3.05, 3.63) is 24.3 Å². The molecular formula is C66H127NO5. The lowest BCUT2D eigenvalue weighted by atomic mass is 10.0. The molecule has 0 saturated carbocycles. The van der Waals surface area contributed by atoms with Crippen molar-refractivity contribution >= 4 is 11.9 Å². The summed E-state index contributed by atoms with van der Waals surface area (Å²) in [5.74, 6) is -0.0170. The van der Waals surface area contributed by atoms with Gasteiger partial charge in [0, 0.05) is 12.8 Å². The highest BCUT2D eigenvalue weighted by Crippen LogP contribution is 2.18. The fraction of sp³-hybridized carbons (Fsp3) is 0.909. The van der Waals surface area contributed by atoms with Crippen LogP contribution in [-0.4, -0.2) is 47.4 Å². The molecule has 0 aromatic carbocycles. The summed E-state index contributed by atoms with van der Waals surface area (Å²) in [5, 5.41) is 23.1. The monoisotopic (exact) mass is 1010 g/mol. The molecule has 0 aromatic rings. The van der Waals surface area contributed by atoms with Gasteiger partial charge in [-0.15, -0.1) is 0 Å². The molecule has 0 fully saturated rings. The molecule has 0 bridgehead atoms. The molecule has 3 N–H and O–H groups in total. The van der Waals surface area contributed by atoms with Gasteiger partial charge < -0.3 is 20.3 Å². The van der Waals surface area contributed by atoms with E-state index in [0.29, 0.717) is 25.9 Å². The first-order chi connectivity index (χ1) is 35.5. The maximum atomic E-state index is 12.4. The van der Waals surface area contributed by atoms with Crippen molar-refractivity contribution in [2.75, 3.05) is 13.2 Å². The number of hydrogen-bond acceptors (Lipinski definition) is 5. The largest absolute Gasteiger partial charge is 0.466 e. The van der Waals surface area contributed by atoms with E-state index >= 15 is 0 Å². The van der Waals surface area contributed by atoms with Crippen LogP contribution in [0.4, 0.5) is 0 Å². The first kappa shape index (κ1) is 70.3. The Morgan fingerprint density at radius 1 is 0.389 bits per heavy atom. The second kappa shape index (κ2) is 61.9. The van der Waals surface area contributed by atoms with E-state index in [1.807, 2.05) is 0 Å². The number of hydrogen-bond donors (Lipinski definition) is 3. The number of ether oxygens (including phenoxy) is 1. The average molecular weight is 1010 g/mol. The second-order valence-corrected chi connectivity index (χ2v) is 22.5. The van der Waals surface area contributed by atoms with Crippen LogP contribution in [-0.2, 0) is 14.3 Å². The number of unbranched alkanes of at least 4 members (excludes halogenated alkanes) is 46. The van der Waals surface area contributed by atoms with E-state index in [0.717, 1.165) is 44.9 Å². The predicted octanol–water partition coefficient (Wildman–Crippen LogP) is 20.6. The van der Waals surface area contributed by atoms with Crippen molar-refractivity contribution in [1.82, 2.24) is 5.32 Å². The molecule has 0 heterocycles. The standard InChI is InChI=1S/C66H127NO5/c1-3-5-7-9-11-13-39-44-48-52-56-60-66(71)72-61-57-53-49-45-41-38-36-34-32-30-28-26-24-22-20-18-16-14-15-17-19-21-23-25-27-29-31-33-35-37-40-43-47-51-55-59-65(70)67-63(62-68)64(69)58-54-50-46-42-12-10-8-6-4-2/h16,18,22,24,63-64,68-69H,3-15,17,19-21,23,25-62H2,1-2H3,(H,67,70)/b18-16-,24-22-. The first-order valence-electron chi connectivity index (χ1n) is 32.6. The third-order valence-corrected chi connectivity index (χ3v) is 15.3. The summed E-state index contributed by atoms with van der Waals surface area (Å²) in [5.41, 5.74) is 0. The minimum Gasteiger partial charge on any atom is -0.466 e. The van der Waals surface area contributed by atoms with Gasteiger partial charge in [-0.2, -0.15) is 0 Å². The summed E-state index contributed by atoms with van der Waals surface area (Å²) in [6, 6.07) is -0.537. The maximum absolute atomic E-state index is 12.4. The molecule has 0 radical (unpaired) electrons. The Kier molecular flexibility index (Phi) is 60.5. The lowest BCUT2D eigenvalue weighted by Crippen LogP contribution is -2.45. The molecule has 1 amide bonds. The second-order valence-electron chi connectivity index (χ2n) is 22.5. The minimum atomic E-state index is -0.660. The third-order valence-electron chi connectivity index (χ3n) is 15.3. The number of allylic oxidation sites excluding steroid dienone is 4. The number of amides is 1. The van der Waals surface area contributed by atoms with Crippen LogP contribution >= 0.6 is 0 Å². The Morgan fingerprint density at radius 2 is 0.694 bits per heavy atom. The molecule has 0 aliphatic carbocycles. The van der Waals surface area contributed by atoms with Gasteiger partial charge in [-0.1, -0.05) is 314 Å². The van der Waals surface area contributed by atoms with Crippen molar-refractivity contribution in [3.63, 3.8) is 0 Å². The lowest BCUT2D eigenvalue weighted by molar-refractivity contribution is -0.143. The van der Waals surface area contributed by atoms with Crippen LogP contribution in [0, 0.1) is 0 Å². The quantitative estimate of drug-likeness (QED) is 0.0320. The molecule has 0 aliphatic heterocycles. The molecule has 426 valence electrons. The highest BCUT2D eigenvalue weighted by atomic mass is 16.5. The number of carbonyl (C=O) groups excluding carboxylic acids is 2. The Bertz CT molecular complexity index is 1120. The third kappa shape index (κ3) is 57.6. The Hall–Kier alpha value is -1.66. The van der Waals surface area contributed by atoms with E-state index in [-0.39, 0.29) is 18.5 Å². The normalized spacial score (nSPS) is 12.7. The van der Waals surface area contributed by atoms with Crippen LogP contribution in [0.3, 0.4) is 0 Å². The van der Waals surface area contributed by atoms with Gasteiger partial charge in [0.1, 0.15) is 0 Å². The highest BCUT2D eigenvalue weighted by molar-refractivity contribution is 5.76. The molecule has 0 aliphatic rings. The lowest BCUT2D eigenvalue weighted by Gasteiger charge is -2.22. The van der Waals surface area contributed by atoms with Gasteiger partial charge in [-0.3, -0.25) is 9.59 Å². The maximum Gasteiger partial charge on any atom is 0.305 e. The van der Waals surface area contributed by atoms with Gasteiger partial charge in [0.15, 0.2) is 0 Å². The van der Waals surface area contributed by atoms with Crippen molar-refractivity contribution in [3.8, 4) is 0 Å². The molecule has 6 heteroatoms. The van der Waals surface area contributed by atoms with Crippen molar-refractivity contribution < 1.29 is 24.5 Å². The van der Waals surface area contributed by atoms with Crippen molar-refractivity contribution in [2.24, 2.45) is 0 Å². The molecular weight excluding hydrogens is 887 g/mol. The molecule has 6 nitrogen and oxygen atoms in total. The number of nitrogens with one attached hydrogen (secondary N) is 1. The van der Waals surface area contributed by atoms with Crippen LogP contribution in [0.15, 0.2) is 24.3 Å². The summed E-state index contributed by atoms with van der Waals surface area (Å²) >= 11 is 0. The summed E-state index contributed by atoms with van der Waals surface area (Å²) < 4.78 is 5.47. The molecule has 0 rings (SSSR count). The number of aliphatic hydroxyl groups is 2. The predicted molar refractivity (Wildman–Crippen MR) is 315 cm³/mol. The number of esters is 1. The Balaban J connectivity index is 3.34. The van der Waals surface area contributed by atoms with Crippen molar-refractivity contribution in [1.29, 1.82) is 0 Å². The van der Waals surface area contributed by atoms with Gasteiger partial charge in [0.2, 0.25) is 5.91 Å². The molecule has 0 spiro atoms. The van der Waals surface area contributed by atoms with E-state index in [1.54, 1.807) is 0 Å². The van der Waals surface area contributed by atoms with Crippen LogP contribution in [0.2, 0.25) is 0 Å². The van der Waals surface area contributed by atoms with Crippen LogP contribution in [0.1, 0.15) is 361 Å². The SMILES string of the molecule is CCCCCCCCCCCCCC(=O)OCCCCCCCCCCCCC/C=C\C/C=C\CCCCCCCCCCCCCCCCCCCC(=O)NC(CO)C(O)CCCCCCCCCCC. The smallest absolute Gasteiger partial charge is 0.305 e. The fourth-order valence-electron chi connectivity index (χ4n) is 10.3. The molecule has 0 saturated heterocycles. The molecule has 72 heavy (non-hydrogen) atoms. The number of carbonyl (C=O) groups is 2. The molecule has 2 atom stereocenters. The van der Waals surface area contributed by atoms with E-state index in [9.17, 15) is 19.8 Å². The van der Waals surface area contributed by atoms with Gasteiger partial charge >= 0.3 is 5.97 Å². The molecule has 0 aromatic heterocycles. The summed E-state index contributed by atoms with van der Waals surface area (Å²) in [6.07, 6.45) is 76.6. The van der Waals surface area contributed by atoms with E-state index < -0.39 is 12.1 Å². The minimum absolute atomic E-state index is 0.0166. The van der Waals surface area contributed by atoms with Crippen LogP contribution in [0.5, 0.6) is 0 Å². The van der Waals surface area contributed by atoms with E-state index in [4.69, 9.17) is 4.74 Å². The van der Waals surface area contributed by atoms with Crippen molar-refractivity contribution in [2.45, 2.75) is 373 Å². The number of rotatable bonds is 61. The first-order valence-corrected chi connectivity index (χ1v) is 32.6. The van der Waals surface area contributed by atoms with Crippen LogP contribution in [0.25, 0.3) is 0 Å². The zero-order valence-electron chi connectivity index (χ0n) is 48.7.